The highest BCUT2D eigenvalue weighted by atomic mass is 32.2. The summed E-state index contributed by atoms with van der Waals surface area (Å²) in [4.78, 5) is 4.60. The summed E-state index contributed by atoms with van der Waals surface area (Å²) in [7, 11) is -3.24. The Labute approximate surface area is 149 Å². The third-order valence-corrected chi connectivity index (χ3v) is 5.28. The van der Waals surface area contributed by atoms with Crippen molar-refractivity contribution in [1.29, 1.82) is 0 Å². The summed E-state index contributed by atoms with van der Waals surface area (Å²) in [6.07, 6.45) is 7.63. The summed E-state index contributed by atoms with van der Waals surface area (Å²) in [6.45, 7) is 2.13. The number of aromatic nitrogens is 1. The van der Waals surface area contributed by atoms with E-state index in [-0.39, 0.29) is 0 Å². The number of hydrogen-bond acceptors (Lipinski definition) is 4. The Kier molecular flexibility index (Phi) is 5.27. The van der Waals surface area contributed by atoms with E-state index in [1.165, 1.54) is 24.1 Å². The molecule has 0 unspecified atom stereocenters. The number of hydrogen-bond donors (Lipinski definition) is 2. The van der Waals surface area contributed by atoms with Gasteiger partial charge in [-0.05, 0) is 62.1 Å². The maximum atomic E-state index is 11.3. The standard InChI is InChI=1S/C19H25N3O2S/c1-14-5-4-12-20-19(14)15-6-3-7-18(13-15)21-16-8-10-17(11-9-16)22-25(2,23)24/h4-5,8-12,15,18,21-22H,3,6-7,13H2,1-2H3/t15-,18-/m0/s1. The summed E-state index contributed by atoms with van der Waals surface area (Å²) in [5.41, 5.74) is 4.09. The van der Waals surface area contributed by atoms with Crippen molar-refractivity contribution in [2.75, 3.05) is 16.3 Å². The molecule has 1 fully saturated rings. The van der Waals surface area contributed by atoms with Crippen molar-refractivity contribution in [3.8, 4) is 0 Å². The number of rotatable bonds is 5. The molecule has 0 aliphatic heterocycles. The summed E-state index contributed by atoms with van der Waals surface area (Å²) in [5, 5.41) is 3.59. The highest BCUT2D eigenvalue weighted by Crippen LogP contribution is 2.34. The predicted octanol–water partition coefficient (Wildman–Crippen LogP) is 3.90. The number of pyridine rings is 1. The topological polar surface area (TPSA) is 71.1 Å². The zero-order valence-corrected chi connectivity index (χ0v) is 15.5. The Bertz CT molecular complexity index is 819. The van der Waals surface area contributed by atoms with Crippen LogP contribution in [0.5, 0.6) is 0 Å². The van der Waals surface area contributed by atoms with E-state index in [0.29, 0.717) is 17.6 Å². The van der Waals surface area contributed by atoms with Crippen LogP contribution in [0.1, 0.15) is 42.9 Å². The molecule has 0 radical (unpaired) electrons. The number of aryl methyl sites for hydroxylation is 1. The first kappa shape index (κ1) is 17.7. The van der Waals surface area contributed by atoms with Crippen LogP contribution in [0, 0.1) is 6.92 Å². The first-order valence-electron chi connectivity index (χ1n) is 8.66. The molecule has 2 atom stereocenters. The number of nitrogens with zero attached hydrogens (tertiary/aromatic N) is 1. The number of benzene rings is 1. The van der Waals surface area contributed by atoms with Crippen LogP contribution in [0.3, 0.4) is 0 Å². The largest absolute Gasteiger partial charge is 0.382 e. The second kappa shape index (κ2) is 7.44. The van der Waals surface area contributed by atoms with E-state index in [2.05, 4.69) is 28.0 Å². The molecule has 1 aromatic heterocycles. The molecule has 1 saturated carbocycles. The van der Waals surface area contributed by atoms with Crippen LogP contribution in [0.2, 0.25) is 0 Å². The van der Waals surface area contributed by atoms with Crippen LogP contribution < -0.4 is 10.0 Å². The quantitative estimate of drug-likeness (QED) is 0.849. The van der Waals surface area contributed by atoms with Gasteiger partial charge >= 0.3 is 0 Å². The molecule has 0 saturated heterocycles. The Hall–Kier alpha value is -2.08. The van der Waals surface area contributed by atoms with Gasteiger partial charge in [0.2, 0.25) is 10.0 Å². The van der Waals surface area contributed by atoms with Gasteiger partial charge < -0.3 is 5.32 Å². The van der Waals surface area contributed by atoms with Gasteiger partial charge in [0.1, 0.15) is 0 Å². The molecule has 0 amide bonds. The van der Waals surface area contributed by atoms with Gasteiger partial charge in [0.15, 0.2) is 0 Å². The maximum Gasteiger partial charge on any atom is 0.229 e. The summed E-state index contributed by atoms with van der Waals surface area (Å²) in [6, 6.07) is 11.9. The van der Waals surface area contributed by atoms with Gasteiger partial charge in [-0.1, -0.05) is 12.5 Å². The van der Waals surface area contributed by atoms with E-state index >= 15 is 0 Å². The fourth-order valence-corrected chi connectivity index (χ4v) is 4.14. The molecule has 1 aromatic carbocycles. The minimum Gasteiger partial charge on any atom is -0.382 e. The normalized spacial score (nSPS) is 20.9. The average Bonchev–Trinajstić information content (AvgIpc) is 2.56. The molecule has 1 aliphatic rings. The fraction of sp³-hybridized carbons (Fsp3) is 0.421. The first-order chi connectivity index (χ1) is 11.9. The van der Waals surface area contributed by atoms with Crippen molar-refractivity contribution in [3.63, 3.8) is 0 Å². The van der Waals surface area contributed by atoms with Gasteiger partial charge in [0, 0.05) is 35.2 Å². The number of nitrogens with one attached hydrogen (secondary N) is 2. The lowest BCUT2D eigenvalue weighted by molar-refractivity contribution is 0.404. The molecular formula is C19H25N3O2S. The summed E-state index contributed by atoms with van der Waals surface area (Å²) in [5.74, 6) is 0.499. The predicted molar refractivity (Wildman–Crippen MR) is 103 cm³/mol. The lowest BCUT2D eigenvalue weighted by atomic mass is 9.82. The molecule has 134 valence electrons. The van der Waals surface area contributed by atoms with Gasteiger partial charge in [-0.2, -0.15) is 0 Å². The number of sulfonamides is 1. The lowest BCUT2D eigenvalue weighted by Gasteiger charge is -2.31. The van der Waals surface area contributed by atoms with Gasteiger partial charge in [-0.3, -0.25) is 9.71 Å². The molecule has 2 aromatic rings. The Balaban J connectivity index is 1.64. The molecule has 2 N–H and O–H groups in total. The molecule has 0 bridgehead atoms. The molecule has 1 aliphatic carbocycles. The van der Waals surface area contributed by atoms with Crippen molar-refractivity contribution < 1.29 is 8.42 Å². The molecule has 1 heterocycles. The maximum absolute atomic E-state index is 11.3. The van der Waals surface area contributed by atoms with Crippen LogP contribution >= 0.6 is 0 Å². The number of anilines is 2. The minimum absolute atomic E-state index is 0.411. The fourth-order valence-electron chi connectivity index (χ4n) is 3.58. The van der Waals surface area contributed by atoms with Crippen LogP contribution in [-0.2, 0) is 10.0 Å². The second-order valence-corrected chi connectivity index (χ2v) is 8.61. The highest BCUT2D eigenvalue weighted by Gasteiger charge is 2.25. The zero-order valence-electron chi connectivity index (χ0n) is 14.7. The monoisotopic (exact) mass is 359 g/mol. The van der Waals surface area contributed by atoms with Crippen molar-refractivity contribution in [2.24, 2.45) is 0 Å². The highest BCUT2D eigenvalue weighted by molar-refractivity contribution is 7.92. The van der Waals surface area contributed by atoms with E-state index in [9.17, 15) is 8.42 Å². The van der Waals surface area contributed by atoms with Crippen LogP contribution in [0.25, 0.3) is 0 Å². The minimum atomic E-state index is -3.24. The van der Waals surface area contributed by atoms with E-state index in [1.807, 2.05) is 24.4 Å². The van der Waals surface area contributed by atoms with E-state index in [0.717, 1.165) is 24.8 Å². The molecule has 0 spiro atoms. The van der Waals surface area contributed by atoms with Gasteiger partial charge in [0.25, 0.3) is 0 Å². The van der Waals surface area contributed by atoms with Gasteiger partial charge in [0.05, 0.1) is 6.26 Å². The third kappa shape index (κ3) is 4.95. The van der Waals surface area contributed by atoms with Crippen molar-refractivity contribution >= 4 is 21.4 Å². The van der Waals surface area contributed by atoms with Gasteiger partial charge in [-0.25, -0.2) is 8.42 Å². The molecule has 6 heteroatoms. The van der Waals surface area contributed by atoms with Crippen LogP contribution in [0.4, 0.5) is 11.4 Å². The van der Waals surface area contributed by atoms with Crippen molar-refractivity contribution in [2.45, 2.75) is 44.6 Å². The van der Waals surface area contributed by atoms with Crippen molar-refractivity contribution in [3.05, 3.63) is 53.9 Å². The Morgan fingerprint density at radius 3 is 2.48 bits per heavy atom. The van der Waals surface area contributed by atoms with Crippen LogP contribution in [0.15, 0.2) is 42.6 Å². The summed E-state index contributed by atoms with van der Waals surface area (Å²) < 4.78 is 25.0. The van der Waals surface area contributed by atoms with E-state index < -0.39 is 10.0 Å². The average molecular weight is 359 g/mol. The van der Waals surface area contributed by atoms with E-state index in [4.69, 9.17) is 0 Å². The first-order valence-corrected chi connectivity index (χ1v) is 10.6. The SMILES string of the molecule is Cc1cccnc1[C@H]1CCC[C@H](Nc2ccc(NS(C)(=O)=O)cc2)C1. The molecule has 5 nitrogen and oxygen atoms in total. The lowest BCUT2D eigenvalue weighted by Crippen LogP contribution is -2.27. The second-order valence-electron chi connectivity index (χ2n) is 6.86. The Morgan fingerprint density at radius 2 is 1.80 bits per heavy atom. The third-order valence-electron chi connectivity index (χ3n) is 4.67. The van der Waals surface area contributed by atoms with Gasteiger partial charge in [-0.15, -0.1) is 0 Å². The zero-order chi connectivity index (χ0) is 17.9. The Morgan fingerprint density at radius 1 is 1.08 bits per heavy atom. The molecule has 25 heavy (non-hydrogen) atoms. The smallest absolute Gasteiger partial charge is 0.229 e. The molecular weight excluding hydrogens is 334 g/mol. The molecule has 3 rings (SSSR count). The van der Waals surface area contributed by atoms with Crippen molar-refractivity contribution in [1.82, 2.24) is 4.98 Å². The van der Waals surface area contributed by atoms with E-state index in [1.54, 1.807) is 12.1 Å². The summed E-state index contributed by atoms with van der Waals surface area (Å²) >= 11 is 0. The van der Waals surface area contributed by atoms with Crippen LogP contribution in [-0.4, -0.2) is 25.7 Å².